The molecule has 3 aliphatic rings. The number of hydrogen-bond donors (Lipinski definition) is 2. The van der Waals surface area contributed by atoms with E-state index in [1.165, 1.54) is 30.4 Å². The van der Waals surface area contributed by atoms with Crippen LogP contribution in [0.25, 0.3) is 0 Å². The van der Waals surface area contributed by atoms with E-state index in [9.17, 15) is 4.79 Å². The number of nitrogens with one attached hydrogen (secondary N) is 2. The van der Waals surface area contributed by atoms with E-state index in [1.54, 1.807) is 19.1 Å². The van der Waals surface area contributed by atoms with Crippen LogP contribution in [0.2, 0.25) is 0 Å². The van der Waals surface area contributed by atoms with E-state index in [2.05, 4.69) is 83.9 Å². The minimum atomic E-state index is -0.441. The van der Waals surface area contributed by atoms with Gasteiger partial charge in [0.05, 0.1) is 16.9 Å². The van der Waals surface area contributed by atoms with Crippen LogP contribution in [0.15, 0.2) is 67.0 Å². The Hall–Kier alpha value is -3.32. The van der Waals surface area contributed by atoms with Gasteiger partial charge in [0.25, 0.3) is 0 Å². The molecule has 0 spiro atoms. The lowest BCUT2D eigenvalue weighted by molar-refractivity contribution is -0.119. The highest BCUT2D eigenvalue weighted by molar-refractivity contribution is 5.76. The van der Waals surface area contributed by atoms with Gasteiger partial charge in [-0.2, -0.15) is 0 Å². The molecule has 0 aromatic heterocycles. The molecule has 52 heavy (non-hydrogen) atoms. The summed E-state index contributed by atoms with van der Waals surface area (Å²) in [5.41, 5.74) is 5.97. The topological polar surface area (TPSA) is 50.9 Å². The first-order valence-corrected chi connectivity index (χ1v) is 20.4. The number of anilines is 2. The standard InChI is InChI=1S/C37H52FN5O.C4H10.2C2H6/c1-27(2)43(36-25-32(38)14-15-35(36)42-20-16-34(17-21-42)40-30(5)44)37(29(4)39-33-12-7-6-8-13-33)18-22-41(23-19-37)26-31-11-9-10-28(3)24-31;1-4(2)3;2*1-2/h9-11,14-15,24-25,33-34,39H,1,4,6-8,12-13,16-23,26H2,2-3,5H3,(H,40,44);4H,1-3H3;2*1-2H3. The molecule has 0 bridgehead atoms. The van der Waals surface area contributed by atoms with Gasteiger partial charge in [-0.25, -0.2) is 4.39 Å². The van der Waals surface area contributed by atoms with Crippen LogP contribution in [0, 0.1) is 18.7 Å². The van der Waals surface area contributed by atoms with Crippen LogP contribution in [0.4, 0.5) is 15.8 Å². The summed E-state index contributed by atoms with van der Waals surface area (Å²) in [6.07, 6.45) is 9.56. The van der Waals surface area contributed by atoms with E-state index < -0.39 is 5.54 Å². The lowest BCUT2D eigenvalue weighted by Crippen LogP contribution is -2.59. The molecule has 6 nitrogen and oxygen atoms in total. The number of piperidine rings is 2. The summed E-state index contributed by atoms with van der Waals surface area (Å²) in [6.45, 7) is 33.8. The van der Waals surface area contributed by atoms with Crippen LogP contribution in [-0.2, 0) is 11.3 Å². The molecule has 0 unspecified atom stereocenters. The highest BCUT2D eigenvalue weighted by atomic mass is 19.1. The number of aryl methyl sites for hydroxylation is 1. The summed E-state index contributed by atoms with van der Waals surface area (Å²) in [5, 5.41) is 6.98. The lowest BCUT2D eigenvalue weighted by Gasteiger charge is -2.53. The lowest BCUT2D eigenvalue weighted by atomic mass is 9.80. The van der Waals surface area contributed by atoms with Crippen LogP contribution in [0.5, 0.6) is 0 Å². The molecule has 1 aliphatic carbocycles. The Morgan fingerprint density at radius 3 is 1.98 bits per heavy atom. The smallest absolute Gasteiger partial charge is 0.217 e. The maximum Gasteiger partial charge on any atom is 0.217 e. The van der Waals surface area contributed by atoms with Gasteiger partial charge in [0, 0.05) is 63.1 Å². The largest absolute Gasteiger partial charge is 0.384 e. The van der Waals surface area contributed by atoms with Gasteiger partial charge in [0.1, 0.15) is 5.82 Å². The summed E-state index contributed by atoms with van der Waals surface area (Å²) >= 11 is 0. The van der Waals surface area contributed by atoms with Crippen molar-refractivity contribution in [3.05, 3.63) is 84.0 Å². The molecule has 2 aliphatic heterocycles. The Morgan fingerprint density at radius 2 is 1.44 bits per heavy atom. The molecule has 2 N–H and O–H groups in total. The zero-order valence-corrected chi connectivity index (χ0v) is 34.7. The molecule has 2 aromatic carbocycles. The van der Waals surface area contributed by atoms with E-state index >= 15 is 4.39 Å². The summed E-state index contributed by atoms with van der Waals surface area (Å²) in [7, 11) is 0. The van der Waals surface area contributed by atoms with Gasteiger partial charge in [-0.15, -0.1) is 0 Å². The molecule has 1 saturated carbocycles. The molecule has 0 atom stereocenters. The number of halogens is 1. The molecule has 0 radical (unpaired) electrons. The maximum atomic E-state index is 15.2. The number of likely N-dealkylation sites (tertiary alicyclic amines) is 1. The van der Waals surface area contributed by atoms with Crippen LogP contribution in [0.3, 0.4) is 0 Å². The number of rotatable bonds is 10. The zero-order chi connectivity index (χ0) is 38.8. The van der Waals surface area contributed by atoms with Crippen molar-refractivity contribution >= 4 is 17.3 Å². The van der Waals surface area contributed by atoms with E-state index in [1.807, 2.05) is 40.7 Å². The molecule has 2 heterocycles. The summed E-state index contributed by atoms with van der Waals surface area (Å²) in [4.78, 5) is 18.9. The Bertz CT molecular complexity index is 1360. The fraction of sp³-hybridized carbons (Fsp3) is 0.622. The number of benzene rings is 2. The first-order chi connectivity index (χ1) is 24.9. The normalized spacial score (nSPS) is 17.7. The number of nitrogens with zero attached hydrogens (tertiary/aromatic N) is 3. The number of amides is 1. The molecular formula is C45H74FN5O. The highest BCUT2D eigenvalue weighted by Crippen LogP contribution is 2.45. The number of hydrogen-bond acceptors (Lipinski definition) is 5. The van der Waals surface area contributed by atoms with E-state index in [4.69, 9.17) is 6.58 Å². The molecule has 2 saturated heterocycles. The fourth-order valence-electron chi connectivity index (χ4n) is 7.73. The Balaban J connectivity index is 0.00000108. The highest BCUT2D eigenvalue weighted by Gasteiger charge is 2.45. The Kier molecular flexibility index (Phi) is 19.6. The summed E-state index contributed by atoms with van der Waals surface area (Å²) < 4.78 is 15.2. The van der Waals surface area contributed by atoms with E-state index in [0.29, 0.717) is 6.04 Å². The van der Waals surface area contributed by atoms with Crippen LogP contribution in [-0.4, -0.2) is 54.6 Å². The third-order valence-electron chi connectivity index (χ3n) is 9.95. The van der Waals surface area contributed by atoms with Gasteiger partial charge in [-0.05, 0) is 82.1 Å². The van der Waals surface area contributed by atoms with Gasteiger partial charge in [0.2, 0.25) is 5.91 Å². The summed E-state index contributed by atoms with van der Waals surface area (Å²) in [6, 6.07) is 14.6. The molecular weight excluding hydrogens is 646 g/mol. The maximum absolute atomic E-state index is 15.2. The second-order valence-electron chi connectivity index (χ2n) is 15.2. The second-order valence-corrected chi connectivity index (χ2v) is 15.2. The third-order valence-corrected chi connectivity index (χ3v) is 9.95. The molecule has 2 aromatic rings. The number of allylic oxidation sites excluding steroid dienone is 1. The fourth-order valence-corrected chi connectivity index (χ4v) is 7.73. The first kappa shape index (κ1) is 44.8. The average Bonchev–Trinajstić information content (AvgIpc) is 3.11. The van der Waals surface area contributed by atoms with Gasteiger partial charge in [-0.3, -0.25) is 9.69 Å². The predicted molar refractivity (Wildman–Crippen MR) is 224 cm³/mol. The average molecular weight is 720 g/mol. The Labute approximate surface area is 318 Å². The minimum Gasteiger partial charge on any atom is -0.384 e. The van der Waals surface area contributed by atoms with Crippen molar-refractivity contribution in [2.24, 2.45) is 5.92 Å². The molecule has 7 heteroatoms. The molecule has 5 rings (SSSR count). The molecule has 1 amide bonds. The summed E-state index contributed by atoms with van der Waals surface area (Å²) in [5.74, 6) is 0.597. The zero-order valence-electron chi connectivity index (χ0n) is 34.7. The van der Waals surface area contributed by atoms with Crippen LogP contribution in [0.1, 0.15) is 131 Å². The van der Waals surface area contributed by atoms with Gasteiger partial charge in [0.15, 0.2) is 0 Å². The van der Waals surface area contributed by atoms with Crippen molar-refractivity contribution in [3.8, 4) is 0 Å². The first-order valence-electron chi connectivity index (χ1n) is 20.4. The number of carbonyl (C=O) groups is 1. The van der Waals surface area contributed by atoms with Crippen molar-refractivity contribution in [1.29, 1.82) is 0 Å². The van der Waals surface area contributed by atoms with Gasteiger partial charge < -0.3 is 20.4 Å². The van der Waals surface area contributed by atoms with Crippen molar-refractivity contribution < 1.29 is 9.18 Å². The third kappa shape index (κ3) is 13.3. The molecule has 292 valence electrons. The Morgan fingerprint density at radius 1 is 0.865 bits per heavy atom. The van der Waals surface area contributed by atoms with Crippen LogP contribution < -0.4 is 20.4 Å². The van der Waals surface area contributed by atoms with Crippen molar-refractivity contribution in [3.63, 3.8) is 0 Å². The molecule has 3 fully saturated rings. The quantitative estimate of drug-likeness (QED) is 0.256. The van der Waals surface area contributed by atoms with Crippen molar-refractivity contribution in [2.45, 2.75) is 151 Å². The van der Waals surface area contributed by atoms with Crippen molar-refractivity contribution in [2.75, 3.05) is 36.0 Å². The number of carbonyl (C=O) groups excluding carboxylic acids is 1. The second kappa shape index (κ2) is 22.7. The van der Waals surface area contributed by atoms with E-state index in [0.717, 1.165) is 99.9 Å². The SMILES string of the molecule is C=C(C)N(c1cc(F)ccc1N1CCC(NC(C)=O)CC1)C1(C(=C)NC2CCCCC2)CCN(Cc2cccc(C)c2)CC1.CC.CC.CC(C)C. The van der Waals surface area contributed by atoms with Gasteiger partial charge in [-0.1, -0.05) is 111 Å². The van der Waals surface area contributed by atoms with Crippen LogP contribution >= 0.6 is 0 Å². The van der Waals surface area contributed by atoms with Gasteiger partial charge >= 0.3 is 0 Å². The predicted octanol–water partition coefficient (Wildman–Crippen LogP) is 10.8. The monoisotopic (exact) mass is 720 g/mol. The van der Waals surface area contributed by atoms with E-state index in [-0.39, 0.29) is 17.8 Å². The van der Waals surface area contributed by atoms with Crippen molar-refractivity contribution in [1.82, 2.24) is 15.5 Å². The minimum absolute atomic E-state index is 0.0130.